The summed E-state index contributed by atoms with van der Waals surface area (Å²) >= 11 is 0. The zero-order valence-electron chi connectivity index (χ0n) is 26.0. The van der Waals surface area contributed by atoms with Gasteiger partial charge in [0.05, 0.1) is 11.6 Å². The molecule has 1 fully saturated rings. The molecule has 1 saturated heterocycles. The van der Waals surface area contributed by atoms with Gasteiger partial charge >= 0.3 is 12.1 Å². The Morgan fingerprint density at radius 1 is 0.930 bits per heavy atom. The Balaban J connectivity index is 1.56. The number of rotatable bonds is 5. The number of halogens is 3. The standard InChI is InChI=1S/C33H40F3N5O2/c1-18-20(3)38-31(33(34,35)36)39-29(18)41-13-10-23-16-24(8-9-25(23)17-41)27-22(5)37-21(4)26(19(2)30(42)43)28(27)40-14-11-32(6,7)12-15-40/h8-9,16,19H,10-15,17H2,1-7H3,(H,42,43)/t19-/m0/s1. The predicted molar refractivity (Wildman–Crippen MR) is 162 cm³/mol. The summed E-state index contributed by atoms with van der Waals surface area (Å²) in [5.74, 6) is -2.40. The van der Waals surface area contributed by atoms with Crippen LogP contribution in [-0.4, -0.2) is 45.7 Å². The number of nitrogens with zero attached hydrogens (tertiary/aromatic N) is 5. The van der Waals surface area contributed by atoms with Crippen LogP contribution in [0.1, 0.15) is 84.7 Å². The van der Waals surface area contributed by atoms with Gasteiger partial charge < -0.3 is 14.9 Å². The van der Waals surface area contributed by atoms with Crippen LogP contribution in [0.15, 0.2) is 18.2 Å². The highest BCUT2D eigenvalue weighted by molar-refractivity contribution is 5.88. The number of pyridine rings is 1. The van der Waals surface area contributed by atoms with E-state index in [0.717, 1.165) is 70.8 Å². The maximum Gasteiger partial charge on any atom is 0.451 e. The molecule has 7 nitrogen and oxygen atoms in total. The van der Waals surface area contributed by atoms with E-state index >= 15 is 0 Å². The van der Waals surface area contributed by atoms with Crippen molar-refractivity contribution in [3.8, 4) is 11.1 Å². The van der Waals surface area contributed by atoms with Gasteiger partial charge in [0.2, 0.25) is 5.82 Å². The molecule has 0 aliphatic carbocycles. The van der Waals surface area contributed by atoms with Gasteiger partial charge in [0.1, 0.15) is 5.82 Å². The summed E-state index contributed by atoms with van der Waals surface area (Å²) in [6.07, 6.45) is -1.97. The molecule has 1 N–H and O–H groups in total. The van der Waals surface area contributed by atoms with Crippen LogP contribution in [-0.2, 0) is 23.9 Å². The lowest BCUT2D eigenvalue weighted by atomic mass is 9.81. The maximum atomic E-state index is 13.5. The normalized spacial score (nSPS) is 17.5. The molecule has 2 aliphatic heterocycles. The van der Waals surface area contributed by atoms with Crippen molar-refractivity contribution in [2.24, 2.45) is 5.41 Å². The highest BCUT2D eigenvalue weighted by Gasteiger charge is 2.37. The molecule has 5 rings (SSSR count). The fraction of sp³-hybridized carbons (Fsp3) is 0.515. The van der Waals surface area contributed by atoms with Gasteiger partial charge in [0.15, 0.2) is 0 Å². The first-order valence-electron chi connectivity index (χ1n) is 14.9. The van der Waals surface area contributed by atoms with E-state index in [2.05, 4.69) is 34.8 Å². The first-order chi connectivity index (χ1) is 20.1. The molecule has 3 aromatic rings. The number of piperidine rings is 1. The number of aromatic nitrogens is 3. The number of alkyl halides is 3. The zero-order chi connectivity index (χ0) is 31.4. The second kappa shape index (κ2) is 11.1. The number of hydrogen-bond acceptors (Lipinski definition) is 6. The summed E-state index contributed by atoms with van der Waals surface area (Å²) in [5, 5.41) is 10.0. The quantitative estimate of drug-likeness (QED) is 0.335. The van der Waals surface area contributed by atoms with Gasteiger partial charge in [-0.2, -0.15) is 13.2 Å². The molecular formula is C33H40F3N5O2. The van der Waals surface area contributed by atoms with Crippen molar-refractivity contribution in [3.63, 3.8) is 0 Å². The third-order valence-corrected chi connectivity index (χ3v) is 9.24. The molecule has 230 valence electrons. The van der Waals surface area contributed by atoms with Gasteiger partial charge in [0, 0.05) is 60.0 Å². The molecule has 1 aromatic carbocycles. The third kappa shape index (κ3) is 5.93. The van der Waals surface area contributed by atoms with Crippen molar-refractivity contribution < 1.29 is 23.1 Å². The SMILES string of the molecule is Cc1nc(C(F)(F)F)nc(N2CCc3cc(-c4c(C)nc(C)c([C@H](C)C(=O)O)c4N4CCC(C)(C)CC4)ccc3C2)c1C. The second-order valence-corrected chi connectivity index (χ2v) is 12.9. The Morgan fingerprint density at radius 3 is 2.23 bits per heavy atom. The van der Waals surface area contributed by atoms with Gasteiger partial charge in [0.25, 0.3) is 0 Å². The summed E-state index contributed by atoms with van der Waals surface area (Å²) in [6.45, 7) is 16.1. The van der Waals surface area contributed by atoms with Crippen LogP contribution in [0, 0.1) is 33.1 Å². The van der Waals surface area contributed by atoms with Gasteiger partial charge in [-0.25, -0.2) is 9.97 Å². The van der Waals surface area contributed by atoms with Crippen molar-refractivity contribution in [1.82, 2.24) is 15.0 Å². The predicted octanol–water partition coefficient (Wildman–Crippen LogP) is 7.17. The Morgan fingerprint density at radius 2 is 1.60 bits per heavy atom. The molecule has 10 heteroatoms. The van der Waals surface area contributed by atoms with Crippen LogP contribution in [0.2, 0.25) is 0 Å². The number of fused-ring (bicyclic) bond motifs is 1. The van der Waals surface area contributed by atoms with E-state index in [9.17, 15) is 23.1 Å². The average molecular weight is 596 g/mol. The van der Waals surface area contributed by atoms with Crippen molar-refractivity contribution in [1.29, 1.82) is 0 Å². The first kappa shape index (κ1) is 30.8. The molecule has 0 amide bonds. The van der Waals surface area contributed by atoms with E-state index in [0.29, 0.717) is 36.6 Å². The minimum Gasteiger partial charge on any atom is -0.481 e. The van der Waals surface area contributed by atoms with Crippen molar-refractivity contribution in [3.05, 3.63) is 63.4 Å². The van der Waals surface area contributed by atoms with Crippen LogP contribution in [0.4, 0.5) is 24.7 Å². The second-order valence-electron chi connectivity index (χ2n) is 12.9. The van der Waals surface area contributed by atoms with Crippen LogP contribution >= 0.6 is 0 Å². The van der Waals surface area contributed by atoms with E-state index < -0.39 is 23.9 Å². The zero-order valence-corrected chi connectivity index (χ0v) is 26.0. The Labute approximate surface area is 251 Å². The molecule has 2 aromatic heterocycles. The summed E-state index contributed by atoms with van der Waals surface area (Å²) in [7, 11) is 0. The van der Waals surface area contributed by atoms with Crippen LogP contribution in [0.25, 0.3) is 11.1 Å². The lowest BCUT2D eigenvalue weighted by molar-refractivity contribution is -0.145. The molecule has 0 unspecified atom stereocenters. The molecule has 0 spiro atoms. The van der Waals surface area contributed by atoms with Crippen molar-refractivity contribution >= 4 is 17.5 Å². The molecule has 2 aliphatic rings. The number of anilines is 2. The van der Waals surface area contributed by atoms with Gasteiger partial charge in [-0.3, -0.25) is 9.78 Å². The maximum absolute atomic E-state index is 13.5. The summed E-state index contributed by atoms with van der Waals surface area (Å²) in [5.41, 5.74) is 8.56. The highest BCUT2D eigenvalue weighted by atomic mass is 19.4. The molecule has 0 saturated carbocycles. The van der Waals surface area contributed by atoms with Gasteiger partial charge in [-0.05, 0) is 76.0 Å². The van der Waals surface area contributed by atoms with Crippen LogP contribution in [0.5, 0.6) is 0 Å². The monoisotopic (exact) mass is 595 g/mol. The molecule has 1 atom stereocenters. The Bertz CT molecular complexity index is 1570. The van der Waals surface area contributed by atoms with E-state index in [4.69, 9.17) is 4.98 Å². The lowest BCUT2D eigenvalue weighted by Crippen LogP contribution is -2.38. The van der Waals surface area contributed by atoms with E-state index in [1.54, 1.807) is 20.8 Å². The van der Waals surface area contributed by atoms with E-state index in [1.807, 2.05) is 30.9 Å². The highest BCUT2D eigenvalue weighted by Crippen LogP contribution is 2.44. The number of carbonyl (C=O) groups is 1. The van der Waals surface area contributed by atoms with Crippen molar-refractivity contribution in [2.45, 2.75) is 86.4 Å². The fourth-order valence-electron chi connectivity index (χ4n) is 6.43. The molecular weight excluding hydrogens is 555 g/mol. The smallest absolute Gasteiger partial charge is 0.451 e. The topological polar surface area (TPSA) is 82.5 Å². The largest absolute Gasteiger partial charge is 0.481 e. The number of carboxylic acids is 1. The number of benzene rings is 1. The van der Waals surface area contributed by atoms with Gasteiger partial charge in [-0.15, -0.1) is 0 Å². The third-order valence-electron chi connectivity index (χ3n) is 9.24. The number of aliphatic carboxylic acids is 1. The lowest BCUT2D eigenvalue weighted by Gasteiger charge is -2.41. The molecule has 0 radical (unpaired) electrons. The number of aryl methyl sites for hydroxylation is 3. The molecule has 0 bridgehead atoms. The first-order valence-corrected chi connectivity index (χ1v) is 14.9. The van der Waals surface area contributed by atoms with E-state index in [1.165, 1.54) is 0 Å². The summed E-state index contributed by atoms with van der Waals surface area (Å²) in [4.78, 5) is 29.0. The van der Waals surface area contributed by atoms with Crippen LogP contribution < -0.4 is 9.80 Å². The average Bonchev–Trinajstić information content (AvgIpc) is 2.92. The summed E-state index contributed by atoms with van der Waals surface area (Å²) < 4.78 is 40.5. The van der Waals surface area contributed by atoms with Crippen LogP contribution in [0.3, 0.4) is 0 Å². The number of carboxylic acid groups (broad SMARTS) is 1. The fourth-order valence-corrected chi connectivity index (χ4v) is 6.43. The number of hydrogen-bond donors (Lipinski definition) is 1. The molecule has 43 heavy (non-hydrogen) atoms. The Hall–Kier alpha value is -3.69. The van der Waals surface area contributed by atoms with Gasteiger partial charge in [-0.1, -0.05) is 32.0 Å². The summed E-state index contributed by atoms with van der Waals surface area (Å²) in [6, 6.07) is 6.22. The molecule has 4 heterocycles. The van der Waals surface area contributed by atoms with E-state index in [-0.39, 0.29) is 5.41 Å². The van der Waals surface area contributed by atoms with Crippen molar-refractivity contribution in [2.75, 3.05) is 29.4 Å². The minimum atomic E-state index is -4.62. The minimum absolute atomic E-state index is 0.228. The Kier molecular flexibility index (Phi) is 7.94.